The minimum atomic E-state index is -0.106. The first-order chi connectivity index (χ1) is 6.81. The zero-order valence-corrected chi connectivity index (χ0v) is 9.21. The van der Waals surface area contributed by atoms with Crippen LogP contribution in [0, 0.1) is 0 Å². The Balaban J connectivity index is 3.07. The van der Waals surface area contributed by atoms with Gasteiger partial charge in [0.15, 0.2) is 6.29 Å². The summed E-state index contributed by atoms with van der Waals surface area (Å²) in [7, 11) is 0. The molecule has 0 aromatic rings. The Labute approximate surface area is 86.9 Å². The summed E-state index contributed by atoms with van der Waals surface area (Å²) in [6, 6.07) is 0. The summed E-state index contributed by atoms with van der Waals surface area (Å²) in [5.41, 5.74) is 10.7. The van der Waals surface area contributed by atoms with Gasteiger partial charge in [-0.15, -0.1) is 0 Å². The summed E-state index contributed by atoms with van der Waals surface area (Å²) in [6.07, 6.45) is 3.94. The monoisotopic (exact) mass is 204 g/mol. The lowest BCUT2D eigenvalue weighted by Crippen LogP contribution is -2.15. The van der Waals surface area contributed by atoms with Crippen molar-refractivity contribution in [3.8, 4) is 0 Å². The van der Waals surface area contributed by atoms with E-state index >= 15 is 0 Å². The smallest absolute Gasteiger partial charge is 0.154 e. The van der Waals surface area contributed by atoms with E-state index in [0.29, 0.717) is 0 Å². The van der Waals surface area contributed by atoms with Crippen LogP contribution in [0.1, 0.15) is 32.6 Å². The first kappa shape index (κ1) is 13.8. The van der Waals surface area contributed by atoms with Crippen LogP contribution < -0.4 is 11.5 Å². The van der Waals surface area contributed by atoms with Gasteiger partial charge in [-0.2, -0.15) is 0 Å². The molecule has 0 radical (unpaired) electrons. The van der Waals surface area contributed by atoms with Crippen LogP contribution in [0.4, 0.5) is 0 Å². The van der Waals surface area contributed by atoms with Crippen molar-refractivity contribution < 1.29 is 9.47 Å². The van der Waals surface area contributed by atoms with E-state index in [1.165, 1.54) is 0 Å². The van der Waals surface area contributed by atoms with Crippen LogP contribution in [0.2, 0.25) is 0 Å². The Morgan fingerprint density at radius 3 is 1.64 bits per heavy atom. The summed E-state index contributed by atoms with van der Waals surface area (Å²) in [5.74, 6) is 0. The maximum Gasteiger partial charge on any atom is 0.154 e. The second-order valence-corrected chi connectivity index (χ2v) is 3.30. The maximum absolute atomic E-state index is 5.42. The molecule has 0 fully saturated rings. The molecule has 0 saturated carbocycles. The molecule has 0 rings (SSSR count). The molecule has 0 aromatic carbocycles. The van der Waals surface area contributed by atoms with E-state index in [0.717, 1.165) is 52.0 Å². The van der Waals surface area contributed by atoms with Gasteiger partial charge in [-0.3, -0.25) is 0 Å². The van der Waals surface area contributed by atoms with Gasteiger partial charge in [0.25, 0.3) is 0 Å². The first-order valence-corrected chi connectivity index (χ1v) is 5.44. The van der Waals surface area contributed by atoms with Crippen LogP contribution in [-0.4, -0.2) is 32.6 Å². The number of hydrogen-bond acceptors (Lipinski definition) is 4. The van der Waals surface area contributed by atoms with Crippen LogP contribution in [0.5, 0.6) is 0 Å². The summed E-state index contributed by atoms with van der Waals surface area (Å²) >= 11 is 0. The largest absolute Gasteiger partial charge is 0.353 e. The van der Waals surface area contributed by atoms with Gasteiger partial charge >= 0.3 is 0 Å². The van der Waals surface area contributed by atoms with Crippen molar-refractivity contribution in [3.63, 3.8) is 0 Å². The number of nitrogens with two attached hydrogens (primary N) is 2. The molecule has 14 heavy (non-hydrogen) atoms. The van der Waals surface area contributed by atoms with Gasteiger partial charge in [0, 0.05) is 13.2 Å². The summed E-state index contributed by atoms with van der Waals surface area (Å²) < 4.78 is 10.8. The predicted octanol–water partition coefficient (Wildman–Crippen LogP) is 0.843. The standard InChI is InChI=1S/C10H24N2O2/c1-10(13-8-4-2-6-11)14-9-5-3-7-12/h10H,2-9,11-12H2,1H3. The Hall–Kier alpha value is -0.160. The SMILES string of the molecule is CC(OCCCCN)OCCCCN. The molecule has 4 heteroatoms. The Kier molecular flexibility index (Phi) is 10.8. The lowest BCUT2D eigenvalue weighted by Gasteiger charge is -2.13. The summed E-state index contributed by atoms with van der Waals surface area (Å²) in [5, 5.41) is 0. The molecule has 86 valence electrons. The molecule has 4 N–H and O–H groups in total. The molecule has 0 aliphatic rings. The predicted molar refractivity (Wildman–Crippen MR) is 57.9 cm³/mol. The van der Waals surface area contributed by atoms with Gasteiger partial charge in [-0.25, -0.2) is 0 Å². The zero-order valence-electron chi connectivity index (χ0n) is 9.21. The van der Waals surface area contributed by atoms with Crippen molar-refractivity contribution in [3.05, 3.63) is 0 Å². The molecule has 0 aliphatic carbocycles. The highest BCUT2D eigenvalue weighted by molar-refractivity contribution is 4.42. The fourth-order valence-electron chi connectivity index (χ4n) is 1.04. The fraction of sp³-hybridized carbons (Fsp3) is 1.00. The third-order valence-electron chi connectivity index (χ3n) is 1.90. The topological polar surface area (TPSA) is 70.5 Å². The van der Waals surface area contributed by atoms with Gasteiger partial charge < -0.3 is 20.9 Å². The van der Waals surface area contributed by atoms with Crippen molar-refractivity contribution >= 4 is 0 Å². The lowest BCUT2D eigenvalue weighted by molar-refractivity contribution is -0.131. The van der Waals surface area contributed by atoms with E-state index < -0.39 is 0 Å². The highest BCUT2D eigenvalue weighted by Crippen LogP contribution is 1.98. The number of rotatable bonds is 10. The third-order valence-corrected chi connectivity index (χ3v) is 1.90. The molecule has 0 unspecified atom stereocenters. The van der Waals surface area contributed by atoms with Crippen LogP contribution in [0.15, 0.2) is 0 Å². The summed E-state index contributed by atoms with van der Waals surface area (Å²) in [4.78, 5) is 0. The second-order valence-electron chi connectivity index (χ2n) is 3.30. The minimum Gasteiger partial charge on any atom is -0.353 e. The number of unbranched alkanes of at least 4 members (excludes halogenated alkanes) is 2. The first-order valence-electron chi connectivity index (χ1n) is 5.44. The molecule has 0 atom stereocenters. The molecule has 0 bridgehead atoms. The molecule has 0 spiro atoms. The van der Waals surface area contributed by atoms with Crippen molar-refractivity contribution in [1.82, 2.24) is 0 Å². The molecular weight excluding hydrogens is 180 g/mol. The Bertz CT molecular complexity index is 100. The van der Waals surface area contributed by atoms with Crippen molar-refractivity contribution in [2.75, 3.05) is 26.3 Å². The Morgan fingerprint density at radius 1 is 0.857 bits per heavy atom. The molecule has 4 nitrogen and oxygen atoms in total. The second kappa shape index (κ2) is 10.9. The van der Waals surface area contributed by atoms with Gasteiger partial charge in [0.1, 0.15) is 0 Å². The highest BCUT2D eigenvalue weighted by Gasteiger charge is 2.00. The molecule has 0 heterocycles. The van der Waals surface area contributed by atoms with E-state index in [1.807, 2.05) is 6.92 Å². The number of ether oxygens (including phenoxy) is 2. The van der Waals surface area contributed by atoms with Gasteiger partial charge in [-0.05, 0) is 45.7 Å². The quantitative estimate of drug-likeness (QED) is 0.409. The van der Waals surface area contributed by atoms with E-state index in [-0.39, 0.29) is 6.29 Å². The zero-order chi connectivity index (χ0) is 10.6. The van der Waals surface area contributed by atoms with Gasteiger partial charge in [-0.1, -0.05) is 0 Å². The lowest BCUT2D eigenvalue weighted by atomic mass is 10.3. The van der Waals surface area contributed by atoms with Crippen molar-refractivity contribution in [2.45, 2.75) is 38.9 Å². The van der Waals surface area contributed by atoms with Crippen LogP contribution in [0.3, 0.4) is 0 Å². The van der Waals surface area contributed by atoms with E-state index in [2.05, 4.69) is 0 Å². The van der Waals surface area contributed by atoms with E-state index in [9.17, 15) is 0 Å². The average molecular weight is 204 g/mol. The summed E-state index contributed by atoms with van der Waals surface area (Å²) in [6.45, 7) is 4.85. The van der Waals surface area contributed by atoms with Crippen LogP contribution in [-0.2, 0) is 9.47 Å². The van der Waals surface area contributed by atoms with Gasteiger partial charge in [0.2, 0.25) is 0 Å². The number of hydrogen-bond donors (Lipinski definition) is 2. The van der Waals surface area contributed by atoms with Crippen LogP contribution >= 0.6 is 0 Å². The fourth-order valence-corrected chi connectivity index (χ4v) is 1.04. The average Bonchev–Trinajstić information content (AvgIpc) is 2.19. The normalized spacial score (nSPS) is 11.1. The molecule has 0 amide bonds. The molecule has 0 aliphatic heterocycles. The molecule has 0 saturated heterocycles. The Morgan fingerprint density at radius 2 is 1.29 bits per heavy atom. The highest BCUT2D eigenvalue weighted by atomic mass is 16.7. The van der Waals surface area contributed by atoms with Crippen molar-refractivity contribution in [2.24, 2.45) is 11.5 Å². The van der Waals surface area contributed by atoms with Crippen molar-refractivity contribution in [1.29, 1.82) is 0 Å². The third kappa shape index (κ3) is 9.92. The van der Waals surface area contributed by atoms with Crippen LogP contribution in [0.25, 0.3) is 0 Å². The van der Waals surface area contributed by atoms with E-state index in [1.54, 1.807) is 0 Å². The van der Waals surface area contributed by atoms with Gasteiger partial charge in [0.05, 0.1) is 0 Å². The minimum absolute atomic E-state index is 0.106. The molecular formula is C10H24N2O2. The maximum atomic E-state index is 5.42. The molecule has 0 aromatic heterocycles. The van der Waals surface area contributed by atoms with E-state index in [4.69, 9.17) is 20.9 Å².